The third-order valence-electron chi connectivity index (χ3n) is 5.38. The van der Waals surface area contributed by atoms with Crippen LogP contribution in [0.5, 0.6) is 5.75 Å². The largest absolute Gasteiger partial charge is 0.495 e. The second-order valence-electron chi connectivity index (χ2n) is 8.42. The van der Waals surface area contributed by atoms with Gasteiger partial charge >= 0.3 is 6.09 Å². The molecule has 6 nitrogen and oxygen atoms in total. The van der Waals surface area contributed by atoms with Crippen LogP contribution in [-0.2, 0) is 4.74 Å². The molecular weight excluding hydrogens is 342 g/mol. The molecule has 2 heterocycles. The lowest BCUT2D eigenvalue weighted by molar-refractivity contribution is -0.00447. The van der Waals surface area contributed by atoms with Crippen molar-refractivity contribution in [1.29, 1.82) is 5.26 Å². The van der Waals surface area contributed by atoms with Crippen LogP contribution in [0.3, 0.4) is 0 Å². The summed E-state index contributed by atoms with van der Waals surface area (Å²) >= 11 is 0. The first kappa shape index (κ1) is 19.5. The molecule has 27 heavy (non-hydrogen) atoms. The Hall–Kier alpha value is -2.26. The summed E-state index contributed by atoms with van der Waals surface area (Å²) in [7, 11) is 1.60. The summed E-state index contributed by atoms with van der Waals surface area (Å²) < 4.78 is 10.9. The number of rotatable bonds is 2. The second kappa shape index (κ2) is 7.77. The minimum absolute atomic E-state index is 0.207. The number of piperazine rings is 1. The highest BCUT2D eigenvalue weighted by molar-refractivity contribution is 5.68. The Morgan fingerprint density at radius 1 is 1.22 bits per heavy atom. The first-order chi connectivity index (χ1) is 12.8. The van der Waals surface area contributed by atoms with Crippen LogP contribution in [0.25, 0.3) is 0 Å². The highest BCUT2D eigenvalue weighted by atomic mass is 16.6. The van der Waals surface area contributed by atoms with Gasteiger partial charge in [0.15, 0.2) is 0 Å². The highest BCUT2D eigenvalue weighted by Crippen LogP contribution is 2.34. The molecule has 0 spiro atoms. The Morgan fingerprint density at radius 3 is 2.67 bits per heavy atom. The van der Waals surface area contributed by atoms with E-state index in [0.717, 1.165) is 32.5 Å². The molecule has 0 aliphatic carbocycles. The molecule has 0 N–H and O–H groups in total. The fourth-order valence-electron chi connectivity index (χ4n) is 3.99. The quantitative estimate of drug-likeness (QED) is 0.797. The molecule has 1 amide bonds. The maximum Gasteiger partial charge on any atom is 0.410 e. The average Bonchev–Trinajstić information content (AvgIpc) is 2.65. The molecule has 0 saturated carbocycles. The molecule has 0 unspecified atom stereocenters. The number of nitrogens with zero attached hydrogens (tertiary/aromatic N) is 3. The fourth-order valence-corrected chi connectivity index (χ4v) is 3.99. The minimum atomic E-state index is -0.458. The van der Waals surface area contributed by atoms with Gasteiger partial charge in [-0.05, 0) is 57.2 Å². The maximum atomic E-state index is 12.3. The Morgan fingerprint density at radius 2 is 2.00 bits per heavy atom. The molecule has 6 heteroatoms. The van der Waals surface area contributed by atoms with Crippen molar-refractivity contribution in [2.24, 2.45) is 0 Å². The van der Waals surface area contributed by atoms with E-state index in [1.165, 1.54) is 5.56 Å². The van der Waals surface area contributed by atoms with Gasteiger partial charge in [0.05, 0.1) is 12.7 Å². The Bertz CT molecular complexity index is 735. The van der Waals surface area contributed by atoms with E-state index in [2.05, 4.69) is 11.0 Å². The van der Waals surface area contributed by atoms with Gasteiger partial charge in [-0.15, -0.1) is 0 Å². The number of ether oxygens (including phenoxy) is 2. The summed E-state index contributed by atoms with van der Waals surface area (Å²) in [4.78, 5) is 16.7. The van der Waals surface area contributed by atoms with Gasteiger partial charge in [-0.25, -0.2) is 4.79 Å². The van der Waals surface area contributed by atoms with Crippen LogP contribution < -0.4 is 4.74 Å². The minimum Gasteiger partial charge on any atom is -0.495 e. The molecule has 2 saturated heterocycles. The number of benzene rings is 1. The number of carbonyl (C=O) groups is 1. The second-order valence-corrected chi connectivity index (χ2v) is 8.42. The van der Waals surface area contributed by atoms with E-state index < -0.39 is 5.60 Å². The van der Waals surface area contributed by atoms with Gasteiger partial charge in [0.25, 0.3) is 0 Å². The van der Waals surface area contributed by atoms with Crippen molar-refractivity contribution in [2.75, 3.05) is 33.3 Å². The summed E-state index contributed by atoms with van der Waals surface area (Å²) in [6, 6.07) is 8.45. The van der Waals surface area contributed by atoms with Crippen molar-refractivity contribution in [1.82, 2.24) is 9.80 Å². The molecule has 2 atom stereocenters. The summed E-state index contributed by atoms with van der Waals surface area (Å²) in [5, 5.41) is 9.16. The number of amides is 1. The van der Waals surface area contributed by atoms with Crippen LogP contribution in [-0.4, -0.2) is 60.8 Å². The lowest BCUT2D eigenvalue weighted by Gasteiger charge is -2.46. The van der Waals surface area contributed by atoms with Crippen molar-refractivity contribution < 1.29 is 14.3 Å². The molecular formula is C21H29N3O3. The predicted molar refractivity (Wildman–Crippen MR) is 103 cm³/mol. The SMILES string of the molecule is COc1cc([C@H]2CC[C@@H]3CN(C(=O)OC(C)(C)C)CCN3C2)ccc1C#N. The Labute approximate surface area is 161 Å². The van der Waals surface area contributed by atoms with Gasteiger partial charge in [0.2, 0.25) is 0 Å². The van der Waals surface area contributed by atoms with Gasteiger partial charge in [-0.1, -0.05) is 6.07 Å². The van der Waals surface area contributed by atoms with Crippen molar-refractivity contribution >= 4 is 6.09 Å². The standard InChI is InChI=1S/C21H29N3O3/c1-21(2,3)27-20(25)24-10-9-23-13-17(7-8-18(23)14-24)15-5-6-16(12-22)19(11-15)26-4/h5-6,11,17-18H,7-10,13-14H2,1-4H3/t17-,18+/m0/s1. The molecule has 0 radical (unpaired) electrons. The summed E-state index contributed by atoms with van der Waals surface area (Å²) in [5.74, 6) is 1.07. The maximum absolute atomic E-state index is 12.3. The zero-order chi connectivity index (χ0) is 19.6. The number of hydrogen-bond acceptors (Lipinski definition) is 5. The van der Waals surface area contributed by atoms with Crippen LogP contribution in [0, 0.1) is 11.3 Å². The zero-order valence-electron chi connectivity index (χ0n) is 16.7. The monoisotopic (exact) mass is 371 g/mol. The number of methoxy groups -OCH3 is 1. The van der Waals surface area contributed by atoms with E-state index in [-0.39, 0.29) is 6.09 Å². The first-order valence-corrected chi connectivity index (χ1v) is 9.60. The summed E-state index contributed by atoms with van der Waals surface area (Å²) in [6.07, 6.45) is 1.91. The van der Waals surface area contributed by atoms with Crippen LogP contribution in [0.1, 0.15) is 50.7 Å². The molecule has 2 aliphatic rings. The van der Waals surface area contributed by atoms with E-state index in [1.54, 1.807) is 7.11 Å². The molecule has 1 aromatic rings. The van der Waals surface area contributed by atoms with Gasteiger partial charge in [-0.3, -0.25) is 4.90 Å². The number of fused-ring (bicyclic) bond motifs is 1. The number of hydrogen-bond donors (Lipinski definition) is 0. The number of nitriles is 1. The highest BCUT2D eigenvalue weighted by Gasteiger charge is 2.36. The van der Waals surface area contributed by atoms with Crippen molar-refractivity contribution in [3.05, 3.63) is 29.3 Å². The van der Waals surface area contributed by atoms with E-state index in [1.807, 2.05) is 43.9 Å². The summed E-state index contributed by atoms with van der Waals surface area (Å²) in [6.45, 7) is 8.98. The van der Waals surface area contributed by atoms with Crippen molar-refractivity contribution in [2.45, 2.75) is 51.2 Å². The predicted octanol–water partition coefficient (Wildman–Crippen LogP) is 3.37. The topological polar surface area (TPSA) is 65.8 Å². The molecule has 146 valence electrons. The lowest BCUT2D eigenvalue weighted by Crippen LogP contribution is -2.57. The normalized spacial score (nSPS) is 23.3. The van der Waals surface area contributed by atoms with Gasteiger partial charge in [-0.2, -0.15) is 5.26 Å². The van der Waals surface area contributed by atoms with Gasteiger partial charge in [0.1, 0.15) is 17.4 Å². The average molecular weight is 371 g/mol. The Kier molecular flexibility index (Phi) is 5.61. The Balaban J connectivity index is 1.63. The van der Waals surface area contributed by atoms with E-state index in [9.17, 15) is 4.79 Å². The molecule has 0 aromatic heterocycles. The number of piperidine rings is 1. The lowest BCUT2D eigenvalue weighted by atomic mass is 9.86. The zero-order valence-corrected chi connectivity index (χ0v) is 16.7. The van der Waals surface area contributed by atoms with Crippen LogP contribution in [0.2, 0.25) is 0 Å². The molecule has 0 bridgehead atoms. The number of carbonyl (C=O) groups excluding carboxylic acids is 1. The van der Waals surface area contributed by atoms with Crippen LogP contribution in [0.4, 0.5) is 4.79 Å². The van der Waals surface area contributed by atoms with Gasteiger partial charge < -0.3 is 14.4 Å². The third kappa shape index (κ3) is 4.54. The molecule has 3 rings (SSSR count). The third-order valence-corrected chi connectivity index (χ3v) is 5.38. The van der Waals surface area contributed by atoms with E-state index >= 15 is 0 Å². The van der Waals surface area contributed by atoms with E-state index in [4.69, 9.17) is 14.7 Å². The van der Waals surface area contributed by atoms with Crippen molar-refractivity contribution in [3.63, 3.8) is 0 Å². The summed E-state index contributed by atoms with van der Waals surface area (Å²) in [5.41, 5.74) is 1.33. The molecule has 2 aliphatic heterocycles. The molecule has 2 fully saturated rings. The van der Waals surface area contributed by atoms with Crippen molar-refractivity contribution in [3.8, 4) is 11.8 Å². The molecule has 1 aromatic carbocycles. The van der Waals surface area contributed by atoms with Crippen LogP contribution >= 0.6 is 0 Å². The smallest absolute Gasteiger partial charge is 0.410 e. The van der Waals surface area contributed by atoms with Crippen LogP contribution in [0.15, 0.2) is 18.2 Å². The fraction of sp³-hybridized carbons (Fsp3) is 0.619. The first-order valence-electron chi connectivity index (χ1n) is 9.60. The van der Waals surface area contributed by atoms with E-state index in [0.29, 0.717) is 29.8 Å². The van der Waals surface area contributed by atoms with Gasteiger partial charge in [0, 0.05) is 32.2 Å².